The van der Waals surface area contributed by atoms with Crippen LogP contribution in [0.15, 0.2) is 24.3 Å². The van der Waals surface area contributed by atoms with Crippen LogP contribution in [0.5, 0.6) is 5.75 Å². The number of hydrogen-bond donors (Lipinski definition) is 1. The Morgan fingerprint density at radius 2 is 1.91 bits per heavy atom. The van der Waals surface area contributed by atoms with E-state index < -0.39 is 30.1 Å². The van der Waals surface area contributed by atoms with E-state index in [0.717, 1.165) is 24.8 Å². The summed E-state index contributed by atoms with van der Waals surface area (Å²) in [6.07, 6.45) is 2.54. The molecular formula is C25H36O7. The van der Waals surface area contributed by atoms with Crippen molar-refractivity contribution in [1.29, 1.82) is 0 Å². The Labute approximate surface area is 190 Å². The maximum absolute atomic E-state index is 9.94. The number of para-hydroxylation sites is 1. The quantitative estimate of drug-likeness (QED) is 0.512. The van der Waals surface area contributed by atoms with Gasteiger partial charge in [-0.3, -0.25) is 0 Å². The molecule has 0 radical (unpaired) electrons. The summed E-state index contributed by atoms with van der Waals surface area (Å²) in [7, 11) is 0. The van der Waals surface area contributed by atoms with Gasteiger partial charge in [0.15, 0.2) is 18.2 Å². The van der Waals surface area contributed by atoms with E-state index in [0.29, 0.717) is 30.8 Å². The van der Waals surface area contributed by atoms with Crippen molar-refractivity contribution in [2.45, 2.75) is 83.5 Å². The highest BCUT2D eigenvalue weighted by atomic mass is 17.3. The molecule has 1 aromatic carbocycles. The lowest BCUT2D eigenvalue weighted by molar-refractivity contribution is -0.577. The minimum atomic E-state index is -0.781. The van der Waals surface area contributed by atoms with Gasteiger partial charge in [-0.1, -0.05) is 32.0 Å². The summed E-state index contributed by atoms with van der Waals surface area (Å²) in [6.45, 7) is 8.91. The molecule has 9 atom stereocenters. The molecule has 6 rings (SSSR count). The lowest BCUT2D eigenvalue weighted by atomic mass is 9.58. The molecule has 1 aromatic rings. The molecule has 1 N–H and O–H groups in total. The van der Waals surface area contributed by atoms with Crippen molar-refractivity contribution in [1.82, 2.24) is 0 Å². The first-order chi connectivity index (χ1) is 15.3. The molecule has 2 unspecified atom stereocenters. The molecule has 4 heterocycles. The topological polar surface area (TPSA) is 75.6 Å². The SMILES string of the molecule is CC(O)c1ccccc1OCCO[C@H]1O[C@@H]2O[C@@]3(C)CCC4[C@H](C)CC[C@@H]([C@H]1C)[C@]42OO3. The zero-order valence-electron chi connectivity index (χ0n) is 19.5. The zero-order valence-corrected chi connectivity index (χ0v) is 19.5. The summed E-state index contributed by atoms with van der Waals surface area (Å²) in [5.74, 6) is 1.16. The number of aliphatic hydroxyl groups excluding tert-OH is 1. The van der Waals surface area contributed by atoms with E-state index in [1.54, 1.807) is 6.92 Å². The van der Waals surface area contributed by atoms with Crippen LogP contribution in [0, 0.1) is 23.7 Å². The van der Waals surface area contributed by atoms with E-state index in [1.165, 1.54) is 6.42 Å². The Balaban J connectivity index is 1.27. The molecule has 2 bridgehead atoms. The van der Waals surface area contributed by atoms with Crippen LogP contribution in [-0.4, -0.2) is 42.3 Å². The number of fused-ring (bicyclic) bond motifs is 2. The Hall–Kier alpha value is -1.22. The molecule has 4 aliphatic heterocycles. The third kappa shape index (κ3) is 3.67. The molecule has 178 valence electrons. The number of benzene rings is 1. The second-order valence-corrected chi connectivity index (χ2v) is 10.2. The van der Waals surface area contributed by atoms with Crippen LogP contribution in [-0.2, 0) is 24.0 Å². The predicted molar refractivity (Wildman–Crippen MR) is 115 cm³/mol. The molecule has 0 aromatic heterocycles. The van der Waals surface area contributed by atoms with Crippen molar-refractivity contribution in [3.8, 4) is 5.75 Å². The Kier molecular flexibility index (Phi) is 6.01. The average molecular weight is 449 g/mol. The fraction of sp³-hybridized carbons (Fsp3) is 0.760. The van der Waals surface area contributed by atoms with Crippen LogP contribution in [0.3, 0.4) is 0 Å². The van der Waals surface area contributed by atoms with E-state index in [2.05, 4.69) is 13.8 Å². The Morgan fingerprint density at radius 1 is 1.09 bits per heavy atom. The van der Waals surface area contributed by atoms with Gasteiger partial charge in [0.25, 0.3) is 0 Å². The van der Waals surface area contributed by atoms with E-state index in [9.17, 15) is 5.11 Å². The monoisotopic (exact) mass is 448 g/mol. The van der Waals surface area contributed by atoms with Crippen molar-refractivity contribution >= 4 is 0 Å². The Morgan fingerprint density at radius 3 is 2.72 bits per heavy atom. The van der Waals surface area contributed by atoms with Crippen molar-refractivity contribution in [3.05, 3.63) is 29.8 Å². The third-order valence-electron chi connectivity index (χ3n) is 8.09. The van der Waals surface area contributed by atoms with E-state index >= 15 is 0 Å². The van der Waals surface area contributed by atoms with Gasteiger partial charge in [0.1, 0.15) is 12.4 Å². The van der Waals surface area contributed by atoms with Crippen LogP contribution < -0.4 is 4.74 Å². The average Bonchev–Trinajstić information content (AvgIpc) is 3.00. The molecule has 7 heteroatoms. The minimum Gasteiger partial charge on any atom is -0.491 e. The standard InChI is InChI=1S/C25H36O7/c1-15-9-10-20-16(2)22(28-14-13-27-21-8-6-5-7-18(21)17(3)26)29-23-25(20)19(15)11-12-24(4,30-23)31-32-25/h5-8,15-17,19-20,22-23,26H,9-14H2,1-4H3/t15-,16-,17?,19?,20+,22+,23-,24-,25-/m1/s1. The lowest BCUT2D eigenvalue weighted by Gasteiger charge is -2.60. The fourth-order valence-corrected chi connectivity index (χ4v) is 6.34. The van der Waals surface area contributed by atoms with Gasteiger partial charge in [-0.25, -0.2) is 9.78 Å². The minimum absolute atomic E-state index is 0.139. The van der Waals surface area contributed by atoms with Crippen molar-refractivity contribution in [3.63, 3.8) is 0 Å². The highest BCUT2D eigenvalue weighted by molar-refractivity contribution is 5.34. The normalized spacial score (nSPS) is 43.9. The van der Waals surface area contributed by atoms with Gasteiger partial charge in [0.05, 0.1) is 12.7 Å². The highest BCUT2D eigenvalue weighted by Gasteiger charge is 2.69. The number of hydrogen-bond acceptors (Lipinski definition) is 7. The molecule has 1 spiro atoms. The second kappa shape index (κ2) is 8.53. The summed E-state index contributed by atoms with van der Waals surface area (Å²) in [4.78, 5) is 12.0. The summed E-state index contributed by atoms with van der Waals surface area (Å²) < 4.78 is 24.9. The molecule has 5 fully saturated rings. The number of aliphatic hydroxyl groups is 1. The van der Waals surface area contributed by atoms with Crippen LogP contribution in [0.25, 0.3) is 0 Å². The molecule has 5 aliphatic rings. The molecule has 4 saturated heterocycles. The fourth-order valence-electron chi connectivity index (χ4n) is 6.34. The molecule has 0 amide bonds. The first kappa shape index (κ1) is 22.6. The maximum Gasteiger partial charge on any atom is 0.201 e. The number of ether oxygens (including phenoxy) is 4. The summed E-state index contributed by atoms with van der Waals surface area (Å²) in [5.41, 5.74) is 0.201. The van der Waals surface area contributed by atoms with Gasteiger partial charge in [0, 0.05) is 23.8 Å². The summed E-state index contributed by atoms with van der Waals surface area (Å²) in [5, 5.41) is 9.94. The summed E-state index contributed by atoms with van der Waals surface area (Å²) >= 11 is 0. The van der Waals surface area contributed by atoms with Gasteiger partial charge >= 0.3 is 0 Å². The molecule has 32 heavy (non-hydrogen) atoms. The summed E-state index contributed by atoms with van der Waals surface area (Å²) in [6, 6.07) is 7.52. The Bertz CT molecular complexity index is 815. The molecule has 1 aliphatic carbocycles. The first-order valence-electron chi connectivity index (χ1n) is 12.1. The second-order valence-electron chi connectivity index (χ2n) is 10.2. The van der Waals surface area contributed by atoms with Crippen LogP contribution in [0.4, 0.5) is 0 Å². The van der Waals surface area contributed by atoms with Crippen molar-refractivity contribution < 1.29 is 33.8 Å². The van der Waals surface area contributed by atoms with Gasteiger partial charge < -0.3 is 24.1 Å². The van der Waals surface area contributed by atoms with Crippen molar-refractivity contribution in [2.75, 3.05) is 13.2 Å². The van der Waals surface area contributed by atoms with E-state index in [4.69, 9.17) is 28.7 Å². The smallest absolute Gasteiger partial charge is 0.201 e. The van der Waals surface area contributed by atoms with Gasteiger partial charge in [-0.05, 0) is 51.0 Å². The van der Waals surface area contributed by atoms with Gasteiger partial charge in [-0.15, -0.1) is 0 Å². The van der Waals surface area contributed by atoms with Crippen LogP contribution in [0.1, 0.15) is 65.0 Å². The molecule has 7 nitrogen and oxygen atoms in total. The van der Waals surface area contributed by atoms with Gasteiger partial charge in [0.2, 0.25) is 5.79 Å². The van der Waals surface area contributed by atoms with Crippen LogP contribution >= 0.6 is 0 Å². The largest absolute Gasteiger partial charge is 0.491 e. The molecule has 1 saturated carbocycles. The lowest BCUT2D eigenvalue weighted by Crippen LogP contribution is -2.70. The number of rotatable bonds is 6. The first-order valence-corrected chi connectivity index (χ1v) is 12.1. The highest BCUT2D eigenvalue weighted by Crippen LogP contribution is 2.60. The van der Waals surface area contributed by atoms with E-state index in [-0.39, 0.29) is 11.8 Å². The van der Waals surface area contributed by atoms with Crippen LogP contribution in [0.2, 0.25) is 0 Å². The predicted octanol–water partition coefficient (Wildman–Crippen LogP) is 4.34. The van der Waals surface area contributed by atoms with E-state index in [1.807, 2.05) is 31.2 Å². The van der Waals surface area contributed by atoms with Gasteiger partial charge in [-0.2, -0.15) is 0 Å². The molecular weight excluding hydrogens is 412 g/mol. The van der Waals surface area contributed by atoms with Crippen molar-refractivity contribution in [2.24, 2.45) is 23.7 Å². The zero-order chi connectivity index (χ0) is 22.5. The third-order valence-corrected chi connectivity index (χ3v) is 8.09. The maximum atomic E-state index is 9.94.